The lowest BCUT2D eigenvalue weighted by Crippen LogP contribution is -2.53. The van der Waals surface area contributed by atoms with E-state index in [1.807, 2.05) is 5.32 Å². The fraction of sp³-hybridized carbons (Fsp3) is 0.333. The number of urea groups is 1. The molecule has 0 radical (unpaired) electrons. The standard InChI is InChI=1S/C21H17F9N2O4/c1-35-16(33)9-19(11-2-4-13(22)5-3-11,32-18(34)31-10-20(26,27)28)12-6-14(23)8-15(7-12)36-21(29,30)17(24)25/h2-8,17H,9-10H2,1H3,(H2,31,32,34). The van der Waals surface area contributed by atoms with Gasteiger partial charge in [0.05, 0.1) is 13.5 Å². The Balaban J connectivity index is 2.71. The van der Waals surface area contributed by atoms with Crippen LogP contribution in [0, 0.1) is 11.6 Å². The lowest BCUT2D eigenvalue weighted by molar-refractivity contribution is -0.253. The number of methoxy groups -OCH3 is 1. The number of nitrogens with one attached hydrogen (secondary N) is 2. The summed E-state index contributed by atoms with van der Waals surface area (Å²) in [7, 11) is 0.894. The largest absolute Gasteiger partial charge is 0.469 e. The van der Waals surface area contributed by atoms with E-state index in [9.17, 15) is 49.1 Å². The zero-order valence-electron chi connectivity index (χ0n) is 18.1. The minimum Gasteiger partial charge on any atom is -0.469 e. The molecule has 0 fully saturated rings. The summed E-state index contributed by atoms with van der Waals surface area (Å²) in [5.74, 6) is -4.52. The number of benzene rings is 2. The molecule has 2 amide bonds. The third-order valence-corrected chi connectivity index (χ3v) is 4.62. The maximum absolute atomic E-state index is 14.4. The zero-order chi connectivity index (χ0) is 27.3. The maximum atomic E-state index is 14.4. The van der Waals surface area contributed by atoms with Crippen LogP contribution in [0.2, 0.25) is 0 Å². The van der Waals surface area contributed by atoms with E-state index in [4.69, 9.17) is 0 Å². The molecule has 0 saturated heterocycles. The summed E-state index contributed by atoms with van der Waals surface area (Å²) >= 11 is 0. The lowest BCUT2D eigenvalue weighted by Gasteiger charge is -2.35. The fourth-order valence-electron chi connectivity index (χ4n) is 3.07. The Morgan fingerprint density at radius 2 is 1.53 bits per heavy atom. The molecular formula is C21H17F9N2O4. The molecule has 2 aromatic carbocycles. The molecule has 0 spiro atoms. The van der Waals surface area contributed by atoms with Gasteiger partial charge in [-0.15, -0.1) is 0 Å². The first-order valence-electron chi connectivity index (χ1n) is 9.69. The lowest BCUT2D eigenvalue weighted by atomic mass is 9.79. The van der Waals surface area contributed by atoms with Crippen molar-refractivity contribution in [1.29, 1.82) is 0 Å². The Labute approximate surface area is 197 Å². The number of hydrogen-bond acceptors (Lipinski definition) is 4. The van der Waals surface area contributed by atoms with Gasteiger partial charge in [-0.2, -0.15) is 30.7 Å². The average Bonchev–Trinajstić information content (AvgIpc) is 2.76. The summed E-state index contributed by atoms with van der Waals surface area (Å²) in [6.07, 6.45) is -15.3. The van der Waals surface area contributed by atoms with Crippen molar-refractivity contribution >= 4 is 12.0 Å². The van der Waals surface area contributed by atoms with Gasteiger partial charge in [0.1, 0.15) is 29.5 Å². The van der Waals surface area contributed by atoms with Crippen molar-refractivity contribution in [3.63, 3.8) is 0 Å². The van der Waals surface area contributed by atoms with E-state index in [0.29, 0.717) is 12.1 Å². The molecule has 1 atom stereocenters. The molecule has 6 nitrogen and oxygen atoms in total. The van der Waals surface area contributed by atoms with Gasteiger partial charge < -0.3 is 20.1 Å². The van der Waals surface area contributed by atoms with Gasteiger partial charge in [-0.25, -0.2) is 13.6 Å². The monoisotopic (exact) mass is 532 g/mol. The van der Waals surface area contributed by atoms with Crippen LogP contribution in [0.25, 0.3) is 0 Å². The highest BCUT2D eigenvalue weighted by molar-refractivity contribution is 5.79. The molecule has 2 aromatic rings. The van der Waals surface area contributed by atoms with Gasteiger partial charge in [-0.1, -0.05) is 12.1 Å². The van der Waals surface area contributed by atoms with Crippen molar-refractivity contribution < 1.29 is 58.6 Å². The summed E-state index contributed by atoms with van der Waals surface area (Å²) in [6.45, 7) is -1.84. The SMILES string of the molecule is COC(=O)CC(NC(=O)NCC(F)(F)F)(c1ccc(F)cc1)c1cc(F)cc(OC(F)(F)C(F)F)c1. The molecule has 0 aliphatic heterocycles. The highest BCUT2D eigenvalue weighted by Crippen LogP contribution is 2.38. The Morgan fingerprint density at radius 1 is 0.917 bits per heavy atom. The molecule has 0 saturated carbocycles. The van der Waals surface area contributed by atoms with E-state index in [2.05, 4.69) is 9.47 Å². The second-order valence-electron chi connectivity index (χ2n) is 7.23. The number of hydrogen-bond donors (Lipinski definition) is 2. The topological polar surface area (TPSA) is 76.7 Å². The van der Waals surface area contributed by atoms with Crippen LogP contribution in [0.1, 0.15) is 17.5 Å². The molecule has 0 aliphatic carbocycles. The van der Waals surface area contributed by atoms with Gasteiger partial charge in [0.2, 0.25) is 0 Å². The van der Waals surface area contributed by atoms with E-state index in [0.717, 1.165) is 31.4 Å². The molecule has 2 rings (SSSR count). The van der Waals surface area contributed by atoms with Gasteiger partial charge >= 0.3 is 30.7 Å². The van der Waals surface area contributed by atoms with Gasteiger partial charge in [-0.05, 0) is 35.4 Å². The normalized spacial score (nSPS) is 13.6. The molecule has 2 N–H and O–H groups in total. The Hall–Kier alpha value is -3.65. The first-order chi connectivity index (χ1) is 16.6. The van der Waals surface area contributed by atoms with Crippen molar-refractivity contribution in [3.05, 3.63) is 65.2 Å². The van der Waals surface area contributed by atoms with Crippen LogP contribution in [0.15, 0.2) is 42.5 Å². The van der Waals surface area contributed by atoms with Crippen molar-refractivity contribution in [2.45, 2.75) is 30.7 Å². The highest BCUT2D eigenvalue weighted by Gasteiger charge is 2.45. The van der Waals surface area contributed by atoms with Crippen molar-refractivity contribution in [1.82, 2.24) is 10.6 Å². The van der Waals surface area contributed by atoms with E-state index in [1.165, 1.54) is 5.32 Å². The van der Waals surface area contributed by atoms with Gasteiger partial charge in [0.15, 0.2) is 0 Å². The summed E-state index contributed by atoms with van der Waals surface area (Å²) in [6, 6.07) is 3.40. The third-order valence-electron chi connectivity index (χ3n) is 4.62. The van der Waals surface area contributed by atoms with Crippen LogP contribution < -0.4 is 15.4 Å². The number of amides is 2. The number of rotatable bonds is 9. The quantitative estimate of drug-likeness (QED) is 0.357. The summed E-state index contributed by atoms with van der Waals surface area (Å²) in [4.78, 5) is 24.6. The maximum Gasteiger partial charge on any atom is 0.461 e. The van der Waals surface area contributed by atoms with Crippen LogP contribution >= 0.6 is 0 Å². The predicted molar refractivity (Wildman–Crippen MR) is 104 cm³/mol. The molecule has 1 unspecified atom stereocenters. The summed E-state index contributed by atoms with van der Waals surface area (Å²) < 4.78 is 126. The third kappa shape index (κ3) is 7.42. The first kappa shape index (κ1) is 28.6. The molecular weight excluding hydrogens is 515 g/mol. The minimum absolute atomic E-state index is 0.242. The molecule has 0 aromatic heterocycles. The van der Waals surface area contributed by atoms with Crippen molar-refractivity contribution in [2.75, 3.05) is 13.7 Å². The number of carbonyl (C=O) groups is 2. The van der Waals surface area contributed by atoms with E-state index >= 15 is 0 Å². The summed E-state index contributed by atoms with van der Waals surface area (Å²) in [5.41, 5.74) is -3.23. The van der Waals surface area contributed by atoms with Crippen LogP contribution in [-0.2, 0) is 15.1 Å². The second kappa shape index (κ2) is 11.0. The Bertz CT molecular complexity index is 1080. The number of alkyl halides is 7. The van der Waals surface area contributed by atoms with Crippen molar-refractivity contribution in [3.8, 4) is 5.75 Å². The molecule has 15 heteroatoms. The average molecular weight is 532 g/mol. The molecule has 36 heavy (non-hydrogen) atoms. The molecule has 198 valence electrons. The van der Waals surface area contributed by atoms with Gasteiger partial charge in [0, 0.05) is 6.07 Å². The van der Waals surface area contributed by atoms with Crippen LogP contribution in [0.3, 0.4) is 0 Å². The van der Waals surface area contributed by atoms with E-state index in [1.54, 1.807) is 0 Å². The number of ether oxygens (including phenoxy) is 2. The van der Waals surface area contributed by atoms with E-state index in [-0.39, 0.29) is 11.6 Å². The molecule has 0 heterocycles. The first-order valence-corrected chi connectivity index (χ1v) is 9.69. The number of carbonyl (C=O) groups excluding carboxylic acids is 2. The van der Waals surface area contributed by atoms with Crippen LogP contribution in [0.4, 0.5) is 44.3 Å². The summed E-state index contributed by atoms with van der Waals surface area (Å²) in [5, 5.41) is 3.49. The predicted octanol–water partition coefficient (Wildman–Crippen LogP) is 4.87. The molecule has 0 bridgehead atoms. The fourth-order valence-corrected chi connectivity index (χ4v) is 3.07. The zero-order valence-corrected chi connectivity index (χ0v) is 18.1. The Kier molecular flexibility index (Phi) is 8.70. The van der Waals surface area contributed by atoms with Gasteiger partial charge in [-0.3, -0.25) is 4.79 Å². The highest BCUT2D eigenvalue weighted by atomic mass is 19.4. The smallest absolute Gasteiger partial charge is 0.461 e. The number of esters is 1. The van der Waals surface area contributed by atoms with Crippen LogP contribution in [-0.4, -0.2) is 44.4 Å². The van der Waals surface area contributed by atoms with E-state index < -0.39 is 72.2 Å². The number of halogens is 9. The Morgan fingerprint density at radius 3 is 2.06 bits per heavy atom. The van der Waals surface area contributed by atoms with Crippen molar-refractivity contribution in [2.24, 2.45) is 0 Å². The van der Waals surface area contributed by atoms with Gasteiger partial charge in [0.25, 0.3) is 0 Å². The van der Waals surface area contributed by atoms with Crippen LogP contribution in [0.5, 0.6) is 5.75 Å². The second-order valence-corrected chi connectivity index (χ2v) is 7.23. The minimum atomic E-state index is -5.08. The molecule has 0 aliphatic rings.